The molecule has 0 saturated heterocycles. The molecular weight excluding hydrogens is 178 g/mol. The van der Waals surface area contributed by atoms with E-state index in [2.05, 4.69) is 29.4 Å². The highest BCUT2D eigenvalue weighted by atomic mass is 15.3. The molecule has 0 bridgehead atoms. The van der Waals surface area contributed by atoms with Crippen LogP contribution in [0.4, 0.5) is 5.95 Å². The van der Waals surface area contributed by atoms with Crippen LogP contribution < -0.4 is 11.1 Å². The number of nitrogens with two attached hydrogens (primary N) is 1. The number of aromatic nitrogens is 3. The minimum Gasteiger partial charge on any atom is -0.357 e. The van der Waals surface area contributed by atoms with Gasteiger partial charge in [-0.1, -0.05) is 13.8 Å². The number of hydrogen-bond donors (Lipinski definition) is 2. The lowest BCUT2D eigenvalue weighted by Crippen LogP contribution is -2.38. The molecule has 80 valence electrons. The van der Waals surface area contributed by atoms with Crippen molar-refractivity contribution in [3.8, 4) is 0 Å². The van der Waals surface area contributed by atoms with Crippen molar-refractivity contribution in [2.45, 2.75) is 32.2 Å². The zero-order valence-corrected chi connectivity index (χ0v) is 9.33. The standard InChI is InChI=1S/C9H19N5/c1-5-9(10,6-2)7-12-13-8(11-3)14(7)4/h5-6,10H2,1-4H3,(H,11,13). The molecule has 5 heteroatoms. The van der Waals surface area contributed by atoms with Gasteiger partial charge < -0.3 is 11.1 Å². The normalized spacial score (nSPS) is 11.8. The van der Waals surface area contributed by atoms with E-state index in [1.165, 1.54) is 0 Å². The summed E-state index contributed by atoms with van der Waals surface area (Å²) in [5.74, 6) is 1.59. The van der Waals surface area contributed by atoms with Crippen molar-refractivity contribution in [3.63, 3.8) is 0 Å². The maximum absolute atomic E-state index is 6.24. The first kappa shape index (κ1) is 11.0. The SMILES string of the molecule is CCC(N)(CC)c1nnc(NC)n1C. The zero-order valence-electron chi connectivity index (χ0n) is 9.33. The molecule has 0 amide bonds. The quantitative estimate of drug-likeness (QED) is 0.750. The van der Waals surface area contributed by atoms with Crippen LogP contribution in [0, 0.1) is 0 Å². The third kappa shape index (κ3) is 1.59. The Labute approximate surface area is 84.7 Å². The van der Waals surface area contributed by atoms with Crippen LogP contribution in [0.15, 0.2) is 0 Å². The Balaban J connectivity index is 3.11. The van der Waals surface area contributed by atoms with E-state index < -0.39 is 0 Å². The minimum absolute atomic E-state index is 0.364. The molecule has 5 nitrogen and oxygen atoms in total. The lowest BCUT2D eigenvalue weighted by molar-refractivity contribution is 0.375. The van der Waals surface area contributed by atoms with Gasteiger partial charge >= 0.3 is 0 Å². The molecule has 0 radical (unpaired) electrons. The van der Waals surface area contributed by atoms with Gasteiger partial charge in [-0.3, -0.25) is 4.57 Å². The van der Waals surface area contributed by atoms with Crippen LogP contribution in [-0.2, 0) is 12.6 Å². The molecule has 0 aromatic carbocycles. The van der Waals surface area contributed by atoms with Crippen molar-refractivity contribution in [1.82, 2.24) is 14.8 Å². The molecule has 1 aromatic rings. The third-order valence-corrected chi connectivity index (χ3v) is 2.81. The molecule has 0 atom stereocenters. The molecule has 0 aliphatic rings. The second-order valence-electron chi connectivity index (χ2n) is 3.52. The van der Waals surface area contributed by atoms with E-state index in [0.717, 1.165) is 24.6 Å². The van der Waals surface area contributed by atoms with Gasteiger partial charge in [-0.15, -0.1) is 10.2 Å². The first-order chi connectivity index (χ1) is 6.59. The summed E-state index contributed by atoms with van der Waals surface area (Å²) in [5, 5.41) is 11.1. The van der Waals surface area contributed by atoms with E-state index in [1.54, 1.807) is 0 Å². The zero-order chi connectivity index (χ0) is 10.8. The average molecular weight is 197 g/mol. The Hall–Kier alpha value is -1.10. The second kappa shape index (κ2) is 3.96. The fourth-order valence-electron chi connectivity index (χ4n) is 1.55. The molecule has 1 aromatic heterocycles. The van der Waals surface area contributed by atoms with Crippen LogP contribution in [0.3, 0.4) is 0 Å². The number of hydrogen-bond acceptors (Lipinski definition) is 4. The van der Waals surface area contributed by atoms with Gasteiger partial charge in [-0.2, -0.15) is 0 Å². The maximum atomic E-state index is 6.24. The van der Waals surface area contributed by atoms with E-state index in [-0.39, 0.29) is 5.54 Å². The van der Waals surface area contributed by atoms with Gasteiger partial charge in [0.2, 0.25) is 5.95 Å². The topological polar surface area (TPSA) is 68.8 Å². The molecule has 14 heavy (non-hydrogen) atoms. The number of nitrogens with one attached hydrogen (secondary N) is 1. The summed E-state index contributed by atoms with van der Waals surface area (Å²) in [6.07, 6.45) is 1.72. The highest BCUT2D eigenvalue weighted by Crippen LogP contribution is 2.24. The predicted octanol–water partition coefficient (Wildman–Crippen LogP) is 0.831. The highest BCUT2D eigenvalue weighted by molar-refractivity contribution is 5.26. The molecule has 1 rings (SSSR count). The van der Waals surface area contributed by atoms with Gasteiger partial charge in [-0.25, -0.2) is 0 Å². The number of nitrogens with zero attached hydrogens (tertiary/aromatic N) is 3. The van der Waals surface area contributed by atoms with Crippen LogP contribution in [0.25, 0.3) is 0 Å². The monoisotopic (exact) mass is 197 g/mol. The van der Waals surface area contributed by atoms with Gasteiger partial charge in [-0.05, 0) is 12.8 Å². The largest absolute Gasteiger partial charge is 0.357 e. The van der Waals surface area contributed by atoms with E-state index in [9.17, 15) is 0 Å². The smallest absolute Gasteiger partial charge is 0.224 e. The van der Waals surface area contributed by atoms with Crippen LogP contribution in [0.1, 0.15) is 32.5 Å². The van der Waals surface area contributed by atoms with E-state index in [4.69, 9.17) is 5.73 Å². The highest BCUT2D eigenvalue weighted by Gasteiger charge is 2.29. The van der Waals surface area contributed by atoms with Crippen LogP contribution in [0.2, 0.25) is 0 Å². The van der Waals surface area contributed by atoms with Gasteiger partial charge in [0.25, 0.3) is 0 Å². The number of rotatable bonds is 4. The van der Waals surface area contributed by atoms with Crippen molar-refractivity contribution in [1.29, 1.82) is 0 Å². The molecule has 3 N–H and O–H groups in total. The molecule has 0 aliphatic heterocycles. The summed E-state index contributed by atoms with van der Waals surface area (Å²) in [6.45, 7) is 4.13. The molecule has 0 unspecified atom stereocenters. The summed E-state index contributed by atoms with van der Waals surface area (Å²) in [7, 11) is 3.75. The van der Waals surface area contributed by atoms with Crippen LogP contribution in [0.5, 0.6) is 0 Å². The Morgan fingerprint density at radius 3 is 2.29 bits per heavy atom. The summed E-state index contributed by atoms with van der Waals surface area (Å²) in [5.41, 5.74) is 5.87. The van der Waals surface area contributed by atoms with Gasteiger partial charge in [0.05, 0.1) is 5.54 Å². The summed E-state index contributed by atoms with van der Waals surface area (Å²) in [4.78, 5) is 0. The molecule has 0 saturated carbocycles. The van der Waals surface area contributed by atoms with Crippen molar-refractivity contribution < 1.29 is 0 Å². The van der Waals surface area contributed by atoms with Crippen molar-refractivity contribution in [2.75, 3.05) is 12.4 Å². The maximum Gasteiger partial charge on any atom is 0.224 e. The first-order valence-corrected chi connectivity index (χ1v) is 4.95. The van der Waals surface area contributed by atoms with Gasteiger partial charge in [0.15, 0.2) is 5.82 Å². The van der Waals surface area contributed by atoms with Crippen LogP contribution in [-0.4, -0.2) is 21.8 Å². The molecule has 1 heterocycles. The Kier molecular flexibility index (Phi) is 3.10. The summed E-state index contributed by atoms with van der Waals surface area (Å²) >= 11 is 0. The summed E-state index contributed by atoms with van der Waals surface area (Å²) < 4.78 is 1.91. The summed E-state index contributed by atoms with van der Waals surface area (Å²) in [6, 6.07) is 0. The molecule has 0 spiro atoms. The van der Waals surface area contributed by atoms with Crippen molar-refractivity contribution in [2.24, 2.45) is 12.8 Å². The fraction of sp³-hybridized carbons (Fsp3) is 0.778. The van der Waals surface area contributed by atoms with Gasteiger partial charge in [0.1, 0.15) is 0 Å². The second-order valence-corrected chi connectivity index (χ2v) is 3.52. The Bertz CT molecular complexity index is 300. The lowest BCUT2D eigenvalue weighted by Gasteiger charge is -2.25. The first-order valence-electron chi connectivity index (χ1n) is 4.95. The van der Waals surface area contributed by atoms with E-state index in [0.29, 0.717) is 0 Å². The fourth-order valence-corrected chi connectivity index (χ4v) is 1.55. The minimum atomic E-state index is -0.364. The lowest BCUT2D eigenvalue weighted by atomic mass is 9.93. The third-order valence-electron chi connectivity index (χ3n) is 2.81. The predicted molar refractivity (Wildman–Crippen MR) is 57.0 cm³/mol. The van der Waals surface area contributed by atoms with Crippen molar-refractivity contribution in [3.05, 3.63) is 5.82 Å². The number of anilines is 1. The van der Waals surface area contributed by atoms with E-state index in [1.807, 2.05) is 18.7 Å². The average Bonchev–Trinajstić information content (AvgIpc) is 2.59. The van der Waals surface area contributed by atoms with E-state index >= 15 is 0 Å². The Morgan fingerprint density at radius 2 is 1.93 bits per heavy atom. The molecule has 0 fully saturated rings. The van der Waals surface area contributed by atoms with Crippen LogP contribution >= 0.6 is 0 Å². The molecular formula is C9H19N5. The van der Waals surface area contributed by atoms with Crippen molar-refractivity contribution >= 4 is 5.95 Å². The Morgan fingerprint density at radius 1 is 1.36 bits per heavy atom. The van der Waals surface area contributed by atoms with Gasteiger partial charge in [0, 0.05) is 14.1 Å². The molecule has 0 aliphatic carbocycles.